The molecule has 0 spiro atoms. The lowest BCUT2D eigenvalue weighted by Crippen LogP contribution is -2.32. The predicted molar refractivity (Wildman–Crippen MR) is 60.1 cm³/mol. The van der Waals surface area contributed by atoms with Crippen LogP contribution in [0.5, 0.6) is 5.75 Å². The van der Waals surface area contributed by atoms with E-state index in [1.54, 1.807) is 18.2 Å². The highest BCUT2D eigenvalue weighted by atomic mass is 127. The molecule has 76 valence electrons. The zero-order valence-corrected chi connectivity index (χ0v) is 9.43. The topological polar surface area (TPSA) is 83.5 Å². The Morgan fingerprint density at radius 3 is 2.71 bits per heavy atom. The number of halogens is 1. The van der Waals surface area contributed by atoms with Gasteiger partial charge in [-0.25, -0.2) is 0 Å². The van der Waals surface area contributed by atoms with Crippen LogP contribution < -0.4 is 5.73 Å². The van der Waals surface area contributed by atoms with Crippen molar-refractivity contribution in [1.82, 2.24) is 0 Å². The van der Waals surface area contributed by atoms with Crippen LogP contribution in [-0.2, 0) is 11.2 Å². The summed E-state index contributed by atoms with van der Waals surface area (Å²) in [5, 5.41) is 18.0. The van der Waals surface area contributed by atoms with E-state index in [0.717, 1.165) is 3.57 Å². The third-order valence-corrected chi connectivity index (χ3v) is 2.48. The molecule has 14 heavy (non-hydrogen) atoms. The summed E-state index contributed by atoms with van der Waals surface area (Å²) in [5.41, 5.74) is 5.90. The molecule has 1 atom stereocenters. The summed E-state index contributed by atoms with van der Waals surface area (Å²) in [7, 11) is 0. The van der Waals surface area contributed by atoms with Crippen molar-refractivity contribution in [2.45, 2.75) is 12.5 Å². The van der Waals surface area contributed by atoms with Crippen molar-refractivity contribution in [3.05, 3.63) is 27.3 Å². The van der Waals surface area contributed by atoms with Crippen molar-refractivity contribution >= 4 is 28.6 Å². The minimum Gasteiger partial charge on any atom is -0.508 e. The molecule has 0 radical (unpaired) electrons. The number of phenols is 1. The second-order valence-electron chi connectivity index (χ2n) is 2.92. The lowest BCUT2D eigenvalue weighted by Gasteiger charge is -2.08. The quantitative estimate of drug-likeness (QED) is 0.726. The van der Waals surface area contributed by atoms with Crippen molar-refractivity contribution in [2.75, 3.05) is 0 Å². The summed E-state index contributed by atoms with van der Waals surface area (Å²) in [6, 6.07) is 4.08. The molecule has 1 aromatic carbocycles. The Kier molecular flexibility index (Phi) is 3.70. The number of hydrogen-bond acceptors (Lipinski definition) is 3. The van der Waals surface area contributed by atoms with Crippen LogP contribution >= 0.6 is 22.6 Å². The molecule has 0 aliphatic heterocycles. The van der Waals surface area contributed by atoms with Gasteiger partial charge in [0.2, 0.25) is 0 Å². The average Bonchev–Trinajstić information content (AvgIpc) is 2.09. The van der Waals surface area contributed by atoms with Crippen LogP contribution in [0, 0.1) is 3.57 Å². The van der Waals surface area contributed by atoms with Gasteiger partial charge in [-0.3, -0.25) is 4.79 Å². The van der Waals surface area contributed by atoms with Gasteiger partial charge in [-0.05, 0) is 40.3 Å². The summed E-state index contributed by atoms with van der Waals surface area (Å²) < 4.78 is 0.896. The highest BCUT2D eigenvalue weighted by molar-refractivity contribution is 14.1. The molecule has 0 aromatic heterocycles. The highest BCUT2D eigenvalue weighted by Crippen LogP contribution is 2.20. The number of carboxylic acid groups (broad SMARTS) is 1. The fourth-order valence-corrected chi connectivity index (χ4v) is 1.51. The van der Waals surface area contributed by atoms with Crippen molar-refractivity contribution in [3.8, 4) is 5.75 Å². The van der Waals surface area contributed by atoms with E-state index in [4.69, 9.17) is 10.8 Å². The van der Waals surface area contributed by atoms with Crippen LogP contribution in [0.15, 0.2) is 18.2 Å². The third-order valence-electron chi connectivity index (χ3n) is 1.80. The summed E-state index contributed by atoms with van der Waals surface area (Å²) in [6.07, 6.45) is 0.137. The van der Waals surface area contributed by atoms with Gasteiger partial charge in [0.25, 0.3) is 0 Å². The number of carboxylic acids is 1. The average molecular weight is 307 g/mol. The molecular weight excluding hydrogens is 297 g/mol. The van der Waals surface area contributed by atoms with Crippen molar-refractivity contribution in [3.63, 3.8) is 0 Å². The largest absolute Gasteiger partial charge is 0.508 e. The monoisotopic (exact) mass is 307 g/mol. The van der Waals surface area contributed by atoms with E-state index in [2.05, 4.69) is 22.6 Å². The molecular formula is C9H10INO3. The smallest absolute Gasteiger partial charge is 0.320 e. The molecule has 1 aromatic rings. The maximum Gasteiger partial charge on any atom is 0.320 e. The first-order valence-electron chi connectivity index (χ1n) is 3.96. The van der Waals surface area contributed by atoms with Crippen LogP contribution in [0.3, 0.4) is 0 Å². The summed E-state index contributed by atoms with van der Waals surface area (Å²) in [5.74, 6) is -0.975. The summed E-state index contributed by atoms with van der Waals surface area (Å²) in [4.78, 5) is 10.5. The van der Waals surface area contributed by atoms with Gasteiger partial charge in [0.1, 0.15) is 11.8 Å². The van der Waals surface area contributed by atoms with Crippen molar-refractivity contribution in [2.24, 2.45) is 5.73 Å². The highest BCUT2D eigenvalue weighted by Gasteiger charge is 2.14. The van der Waals surface area contributed by atoms with Crippen LogP contribution in [0.2, 0.25) is 0 Å². The molecule has 0 heterocycles. The maximum atomic E-state index is 10.5. The zero-order chi connectivity index (χ0) is 10.7. The Labute approximate surface area is 94.9 Å². The maximum absolute atomic E-state index is 10.5. The Morgan fingerprint density at radius 2 is 2.21 bits per heavy atom. The minimum atomic E-state index is -1.07. The Bertz CT molecular complexity index is 354. The Balaban J connectivity index is 2.82. The van der Waals surface area contributed by atoms with Crippen molar-refractivity contribution < 1.29 is 15.0 Å². The van der Waals surface area contributed by atoms with Crippen LogP contribution in [0.1, 0.15) is 5.56 Å². The van der Waals surface area contributed by atoms with Gasteiger partial charge in [-0.2, -0.15) is 0 Å². The molecule has 5 heteroatoms. The molecule has 1 rings (SSSR count). The van der Waals surface area contributed by atoms with E-state index in [0.29, 0.717) is 5.56 Å². The van der Waals surface area contributed by atoms with Crippen molar-refractivity contribution in [1.29, 1.82) is 0 Å². The van der Waals surface area contributed by atoms with Gasteiger partial charge in [-0.15, -0.1) is 0 Å². The first-order valence-corrected chi connectivity index (χ1v) is 5.04. The third kappa shape index (κ3) is 2.85. The molecule has 0 saturated heterocycles. The predicted octanol–water partition coefficient (Wildman–Crippen LogP) is 0.951. The number of carbonyl (C=O) groups is 1. The minimum absolute atomic E-state index is 0.0913. The molecule has 4 nitrogen and oxygen atoms in total. The molecule has 0 fully saturated rings. The number of benzene rings is 1. The lowest BCUT2D eigenvalue weighted by molar-refractivity contribution is -0.138. The number of rotatable bonds is 3. The Morgan fingerprint density at radius 1 is 1.57 bits per heavy atom. The molecule has 0 aliphatic carbocycles. The molecule has 0 aliphatic rings. The van der Waals surface area contributed by atoms with E-state index in [1.807, 2.05) is 0 Å². The Hall–Kier alpha value is -0.820. The van der Waals surface area contributed by atoms with Gasteiger partial charge < -0.3 is 15.9 Å². The summed E-state index contributed by atoms with van der Waals surface area (Å²) >= 11 is 2.06. The number of phenolic OH excluding ortho intramolecular Hbond substituents is 1. The standard InChI is InChI=1S/C9H10INO3/c10-6-2-1-5(8(12)4-6)3-7(11)9(13)14/h1-2,4,7,12H,3,11H2,(H,13,14). The van der Waals surface area contributed by atoms with Crippen LogP contribution in [0.4, 0.5) is 0 Å². The number of nitrogens with two attached hydrogens (primary N) is 1. The van der Waals surface area contributed by atoms with Gasteiger partial charge in [0, 0.05) is 9.99 Å². The van der Waals surface area contributed by atoms with E-state index in [9.17, 15) is 9.90 Å². The SMILES string of the molecule is NC(Cc1ccc(I)cc1O)C(=O)O. The lowest BCUT2D eigenvalue weighted by atomic mass is 10.1. The summed E-state index contributed by atoms with van der Waals surface area (Å²) in [6.45, 7) is 0. The second-order valence-corrected chi connectivity index (χ2v) is 4.17. The fraction of sp³-hybridized carbons (Fsp3) is 0.222. The number of aliphatic carboxylic acids is 1. The molecule has 0 amide bonds. The molecule has 0 bridgehead atoms. The molecule has 0 saturated carbocycles. The van der Waals surface area contributed by atoms with Gasteiger partial charge in [0.15, 0.2) is 0 Å². The van der Waals surface area contributed by atoms with E-state index >= 15 is 0 Å². The fourth-order valence-electron chi connectivity index (χ4n) is 1.03. The van der Waals surface area contributed by atoms with Gasteiger partial charge in [-0.1, -0.05) is 6.07 Å². The van der Waals surface area contributed by atoms with Gasteiger partial charge in [0.05, 0.1) is 0 Å². The number of hydrogen-bond donors (Lipinski definition) is 3. The first-order chi connectivity index (χ1) is 6.50. The van der Waals surface area contributed by atoms with E-state index < -0.39 is 12.0 Å². The molecule has 4 N–H and O–H groups in total. The zero-order valence-electron chi connectivity index (χ0n) is 7.27. The second kappa shape index (κ2) is 4.61. The van der Waals surface area contributed by atoms with Gasteiger partial charge >= 0.3 is 5.97 Å². The normalized spacial score (nSPS) is 12.4. The van der Waals surface area contributed by atoms with E-state index in [-0.39, 0.29) is 12.2 Å². The first kappa shape index (κ1) is 11.3. The van der Waals surface area contributed by atoms with Crippen LogP contribution in [-0.4, -0.2) is 22.2 Å². The molecule has 1 unspecified atom stereocenters. The number of aromatic hydroxyl groups is 1. The van der Waals surface area contributed by atoms with E-state index in [1.165, 1.54) is 0 Å². The van der Waals surface area contributed by atoms with Crippen LogP contribution in [0.25, 0.3) is 0 Å².